The molecule has 0 aromatic carbocycles. The van der Waals surface area contributed by atoms with Gasteiger partial charge in [0, 0.05) is 6.08 Å². The number of esters is 1. The molecule has 1 rings (SSSR count). The molecule has 16 heavy (non-hydrogen) atoms. The first-order valence-corrected chi connectivity index (χ1v) is 5.70. The van der Waals surface area contributed by atoms with Crippen LogP contribution in [0.3, 0.4) is 0 Å². The van der Waals surface area contributed by atoms with Gasteiger partial charge in [-0.3, -0.25) is 0 Å². The minimum Gasteiger partial charge on any atom is -0.463 e. The van der Waals surface area contributed by atoms with Crippen molar-refractivity contribution in [1.29, 1.82) is 0 Å². The van der Waals surface area contributed by atoms with Crippen molar-refractivity contribution in [1.82, 2.24) is 0 Å². The maximum absolute atomic E-state index is 10.8. The van der Waals surface area contributed by atoms with Crippen LogP contribution < -0.4 is 0 Å². The van der Waals surface area contributed by atoms with E-state index in [2.05, 4.69) is 6.58 Å². The van der Waals surface area contributed by atoms with Crippen LogP contribution in [0.25, 0.3) is 0 Å². The number of ether oxygens (including phenoxy) is 3. The van der Waals surface area contributed by atoms with E-state index in [4.69, 9.17) is 14.2 Å². The van der Waals surface area contributed by atoms with E-state index in [1.807, 2.05) is 13.8 Å². The summed E-state index contributed by atoms with van der Waals surface area (Å²) in [7, 11) is 0. The SMILES string of the molecule is C=CC(=O)OCCCC1COC(C)(CC)O1. The van der Waals surface area contributed by atoms with Gasteiger partial charge in [-0.2, -0.15) is 0 Å². The van der Waals surface area contributed by atoms with Gasteiger partial charge in [-0.15, -0.1) is 0 Å². The highest BCUT2D eigenvalue weighted by atomic mass is 16.7. The molecule has 0 aromatic rings. The summed E-state index contributed by atoms with van der Waals surface area (Å²) >= 11 is 0. The molecule has 0 radical (unpaired) electrons. The molecule has 92 valence electrons. The Morgan fingerprint density at radius 1 is 1.69 bits per heavy atom. The van der Waals surface area contributed by atoms with E-state index in [0.29, 0.717) is 13.2 Å². The van der Waals surface area contributed by atoms with E-state index in [-0.39, 0.29) is 12.1 Å². The first kappa shape index (κ1) is 13.2. The van der Waals surface area contributed by atoms with E-state index in [0.717, 1.165) is 19.3 Å². The molecule has 0 saturated carbocycles. The van der Waals surface area contributed by atoms with Crippen molar-refractivity contribution in [3.63, 3.8) is 0 Å². The lowest BCUT2D eigenvalue weighted by atomic mass is 10.2. The smallest absolute Gasteiger partial charge is 0.330 e. The lowest BCUT2D eigenvalue weighted by Gasteiger charge is -2.21. The molecule has 2 unspecified atom stereocenters. The number of carbonyl (C=O) groups is 1. The normalized spacial score (nSPS) is 29.0. The summed E-state index contributed by atoms with van der Waals surface area (Å²) in [6, 6.07) is 0. The molecule has 0 amide bonds. The predicted molar refractivity (Wildman–Crippen MR) is 59.9 cm³/mol. The maximum atomic E-state index is 10.8. The standard InChI is InChI=1S/C12H20O4/c1-4-11(13)14-8-6-7-10-9-15-12(3,5-2)16-10/h4,10H,1,5-9H2,2-3H3. The Labute approximate surface area is 96.6 Å². The fraction of sp³-hybridized carbons (Fsp3) is 0.750. The van der Waals surface area contributed by atoms with Crippen LogP contribution >= 0.6 is 0 Å². The van der Waals surface area contributed by atoms with Crippen molar-refractivity contribution in [3.8, 4) is 0 Å². The molecule has 1 aliphatic rings. The lowest BCUT2D eigenvalue weighted by molar-refractivity contribution is -0.156. The molecule has 0 aromatic heterocycles. The highest BCUT2D eigenvalue weighted by molar-refractivity contribution is 5.81. The van der Waals surface area contributed by atoms with Crippen LogP contribution in [0, 0.1) is 0 Å². The molecule has 1 heterocycles. The summed E-state index contributed by atoms with van der Waals surface area (Å²) < 4.78 is 16.2. The molecule has 2 atom stereocenters. The van der Waals surface area contributed by atoms with E-state index in [1.165, 1.54) is 6.08 Å². The monoisotopic (exact) mass is 228 g/mol. The van der Waals surface area contributed by atoms with Crippen LogP contribution in [0.1, 0.15) is 33.1 Å². The van der Waals surface area contributed by atoms with Crippen LogP contribution in [0.2, 0.25) is 0 Å². The summed E-state index contributed by atoms with van der Waals surface area (Å²) in [6.45, 7) is 8.35. The van der Waals surface area contributed by atoms with Gasteiger partial charge >= 0.3 is 5.97 Å². The molecule has 1 fully saturated rings. The quantitative estimate of drug-likeness (QED) is 0.396. The molecule has 0 spiro atoms. The third-order valence-electron chi connectivity index (χ3n) is 2.71. The number of hydrogen-bond donors (Lipinski definition) is 0. The number of rotatable bonds is 6. The van der Waals surface area contributed by atoms with Gasteiger partial charge in [0.15, 0.2) is 5.79 Å². The van der Waals surface area contributed by atoms with E-state index in [1.54, 1.807) is 0 Å². The Morgan fingerprint density at radius 3 is 3.00 bits per heavy atom. The molecule has 0 N–H and O–H groups in total. The second-order valence-corrected chi connectivity index (χ2v) is 4.05. The van der Waals surface area contributed by atoms with Gasteiger partial charge in [-0.25, -0.2) is 4.79 Å². The maximum Gasteiger partial charge on any atom is 0.330 e. The van der Waals surface area contributed by atoms with Gasteiger partial charge in [0.2, 0.25) is 0 Å². The third kappa shape index (κ3) is 3.94. The minimum atomic E-state index is -0.428. The fourth-order valence-electron chi connectivity index (χ4n) is 1.56. The van der Waals surface area contributed by atoms with E-state index < -0.39 is 5.79 Å². The van der Waals surface area contributed by atoms with Gasteiger partial charge in [0.25, 0.3) is 0 Å². The molecule has 0 bridgehead atoms. The largest absolute Gasteiger partial charge is 0.463 e. The van der Waals surface area contributed by atoms with Crippen molar-refractivity contribution in [2.24, 2.45) is 0 Å². The van der Waals surface area contributed by atoms with Crippen molar-refractivity contribution < 1.29 is 19.0 Å². The summed E-state index contributed by atoms with van der Waals surface area (Å²) in [5.74, 6) is -0.801. The predicted octanol–water partition coefficient (Wildman–Crippen LogP) is 2.04. The van der Waals surface area contributed by atoms with Gasteiger partial charge in [0.05, 0.1) is 19.3 Å². The Kier molecular flexibility index (Phi) is 4.96. The minimum absolute atomic E-state index is 0.118. The first-order valence-electron chi connectivity index (χ1n) is 5.70. The Morgan fingerprint density at radius 2 is 2.44 bits per heavy atom. The van der Waals surface area contributed by atoms with E-state index in [9.17, 15) is 4.79 Å². The van der Waals surface area contributed by atoms with Crippen molar-refractivity contribution in [2.45, 2.75) is 45.0 Å². The zero-order valence-electron chi connectivity index (χ0n) is 10.0. The van der Waals surface area contributed by atoms with Gasteiger partial charge in [0.1, 0.15) is 0 Å². The summed E-state index contributed by atoms with van der Waals surface area (Å²) in [6.07, 6.45) is 3.76. The van der Waals surface area contributed by atoms with Crippen molar-refractivity contribution in [3.05, 3.63) is 12.7 Å². The zero-order chi connectivity index (χ0) is 12.0. The van der Waals surface area contributed by atoms with Crippen LogP contribution in [-0.2, 0) is 19.0 Å². The van der Waals surface area contributed by atoms with Crippen LogP contribution in [0.15, 0.2) is 12.7 Å². The van der Waals surface area contributed by atoms with Crippen molar-refractivity contribution >= 4 is 5.97 Å². The molecule has 4 heteroatoms. The zero-order valence-corrected chi connectivity index (χ0v) is 10.0. The topological polar surface area (TPSA) is 44.8 Å². The summed E-state index contributed by atoms with van der Waals surface area (Å²) in [5, 5.41) is 0. The van der Waals surface area contributed by atoms with Gasteiger partial charge < -0.3 is 14.2 Å². The van der Waals surface area contributed by atoms with Crippen LogP contribution in [-0.4, -0.2) is 31.1 Å². The molecule has 4 nitrogen and oxygen atoms in total. The van der Waals surface area contributed by atoms with E-state index >= 15 is 0 Å². The number of hydrogen-bond acceptors (Lipinski definition) is 4. The highest BCUT2D eigenvalue weighted by Crippen LogP contribution is 2.28. The Bertz CT molecular complexity index is 251. The average molecular weight is 228 g/mol. The highest BCUT2D eigenvalue weighted by Gasteiger charge is 2.34. The Hall–Kier alpha value is -0.870. The van der Waals surface area contributed by atoms with Crippen molar-refractivity contribution in [2.75, 3.05) is 13.2 Å². The van der Waals surface area contributed by atoms with Crippen LogP contribution in [0.4, 0.5) is 0 Å². The fourth-order valence-corrected chi connectivity index (χ4v) is 1.56. The Balaban J connectivity index is 2.11. The third-order valence-corrected chi connectivity index (χ3v) is 2.71. The summed E-state index contributed by atoms with van der Waals surface area (Å²) in [4.78, 5) is 10.8. The molecule has 1 saturated heterocycles. The summed E-state index contributed by atoms with van der Waals surface area (Å²) in [5.41, 5.74) is 0. The van der Waals surface area contributed by atoms with Crippen LogP contribution in [0.5, 0.6) is 0 Å². The van der Waals surface area contributed by atoms with Gasteiger partial charge in [-0.05, 0) is 26.2 Å². The molecule has 1 aliphatic heterocycles. The molecule has 0 aliphatic carbocycles. The van der Waals surface area contributed by atoms with Gasteiger partial charge in [-0.1, -0.05) is 13.5 Å². The molecular formula is C12H20O4. The molecular weight excluding hydrogens is 208 g/mol. The second-order valence-electron chi connectivity index (χ2n) is 4.05. The first-order chi connectivity index (χ1) is 7.59. The lowest BCUT2D eigenvalue weighted by Crippen LogP contribution is -2.25. The second kappa shape index (κ2) is 6.01. The number of carbonyl (C=O) groups excluding carboxylic acids is 1. The average Bonchev–Trinajstić information content (AvgIpc) is 2.67.